The zero-order valence-corrected chi connectivity index (χ0v) is 10.0. The minimum absolute atomic E-state index is 0.365. The fourth-order valence-electron chi connectivity index (χ4n) is 1.73. The van der Waals surface area contributed by atoms with Gasteiger partial charge >= 0.3 is 0 Å². The molecule has 3 nitrogen and oxygen atoms in total. The van der Waals surface area contributed by atoms with E-state index >= 15 is 0 Å². The number of aromatic nitrogens is 1. The Hall–Kier alpha value is -2.08. The van der Waals surface area contributed by atoms with Crippen LogP contribution in [0.15, 0.2) is 30.6 Å². The molecule has 0 radical (unpaired) electrons. The van der Waals surface area contributed by atoms with E-state index in [9.17, 15) is 13.2 Å². The third kappa shape index (κ3) is 2.68. The molecule has 19 heavy (non-hydrogen) atoms. The quantitative estimate of drug-likeness (QED) is 0.930. The maximum Gasteiger partial charge on any atom is 0.137 e. The molecule has 0 saturated carbocycles. The van der Waals surface area contributed by atoms with Crippen LogP contribution in [0.25, 0.3) is 0 Å². The van der Waals surface area contributed by atoms with Gasteiger partial charge in [0.2, 0.25) is 0 Å². The van der Waals surface area contributed by atoms with Gasteiger partial charge in [-0.3, -0.25) is 4.98 Å². The maximum atomic E-state index is 13.6. The van der Waals surface area contributed by atoms with E-state index in [4.69, 9.17) is 10.5 Å². The van der Waals surface area contributed by atoms with E-state index in [-0.39, 0.29) is 0 Å². The number of methoxy groups -OCH3 is 1. The Bertz CT molecular complexity index is 581. The molecule has 0 saturated heterocycles. The minimum atomic E-state index is -1.09. The molecule has 6 heteroatoms. The van der Waals surface area contributed by atoms with Crippen LogP contribution in [0.4, 0.5) is 13.2 Å². The summed E-state index contributed by atoms with van der Waals surface area (Å²) in [5.74, 6) is -2.65. The lowest BCUT2D eigenvalue weighted by Crippen LogP contribution is -2.16. The van der Waals surface area contributed by atoms with Crippen molar-refractivity contribution < 1.29 is 17.9 Å². The number of benzene rings is 1. The van der Waals surface area contributed by atoms with Crippen LogP contribution in [0.5, 0.6) is 5.75 Å². The van der Waals surface area contributed by atoms with Crippen molar-refractivity contribution in [2.45, 2.75) is 6.04 Å². The second-order valence-electron chi connectivity index (χ2n) is 3.92. The average molecular weight is 268 g/mol. The molecule has 0 aliphatic rings. The molecule has 1 atom stereocenters. The monoisotopic (exact) mass is 268 g/mol. The van der Waals surface area contributed by atoms with Gasteiger partial charge in [0.25, 0.3) is 0 Å². The van der Waals surface area contributed by atoms with Gasteiger partial charge in [-0.05, 0) is 11.6 Å². The molecule has 0 aliphatic carbocycles. The Morgan fingerprint density at radius 2 is 1.74 bits per heavy atom. The summed E-state index contributed by atoms with van der Waals surface area (Å²) in [7, 11) is 1.44. The molecule has 2 rings (SSSR count). The van der Waals surface area contributed by atoms with Crippen LogP contribution >= 0.6 is 0 Å². The SMILES string of the molecule is COc1cncc(C(N)c2c(F)cc(F)cc2F)c1. The molecule has 1 unspecified atom stereocenters. The van der Waals surface area contributed by atoms with Crippen molar-refractivity contribution in [3.05, 3.63) is 59.2 Å². The Morgan fingerprint density at radius 3 is 2.32 bits per heavy atom. The Kier molecular flexibility index (Phi) is 3.71. The van der Waals surface area contributed by atoms with E-state index in [0.717, 1.165) is 0 Å². The van der Waals surface area contributed by atoms with E-state index < -0.39 is 29.1 Å². The lowest BCUT2D eigenvalue weighted by molar-refractivity contribution is 0.412. The summed E-state index contributed by atoms with van der Waals surface area (Å²) < 4.78 is 45.0. The molecule has 1 aromatic carbocycles. The first-order valence-electron chi connectivity index (χ1n) is 5.42. The van der Waals surface area contributed by atoms with E-state index in [1.54, 1.807) is 0 Å². The second-order valence-corrected chi connectivity index (χ2v) is 3.92. The molecule has 0 fully saturated rings. The molecular formula is C13H11F3N2O. The summed E-state index contributed by atoms with van der Waals surface area (Å²) >= 11 is 0. The number of rotatable bonds is 3. The van der Waals surface area contributed by atoms with Gasteiger partial charge in [-0.25, -0.2) is 13.2 Å². The maximum absolute atomic E-state index is 13.6. The van der Waals surface area contributed by atoms with Crippen molar-refractivity contribution in [1.29, 1.82) is 0 Å². The molecular weight excluding hydrogens is 257 g/mol. The van der Waals surface area contributed by atoms with E-state index in [1.165, 1.54) is 25.6 Å². The van der Waals surface area contributed by atoms with Crippen molar-refractivity contribution in [1.82, 2.24) is 4.98 Å². The molecule has 1 heterocycles. The molecule has 2 N–H and O–H groups in total. The highest BCUT2D eigenvalue weighted by atomic mass is 19.1. The average Bonchev–Trinajstić information content (AvgIpc) is 2.37. The van der Waals surface area contributed by atoms with Crippen LogP contribution in [-0.4, -0.2) is 12.1 Å². The van der Waals surface area contributed by atoms with Crippen LogP contribution in [0, 0.1) is 17.5 Å². The van der Waals surface area contributed by atoms with Crippen molar-refractivity contribution in [3.63, 3.8) is 0 Å². The number of nitrogens with zero attached hydrogens (tertiary/aromatic N) is 1. The predicted octanol–water partition coefficient (Wildman–Crippen LogP) is 2.56. The summed E-state index contributed by atoms with van der Waals surface area (Å²) in [5.41, 5.74) is 5.75. The first-order valence-corrected chi connectivity index (χ1v) is 5.42. The molecule has 0 spiro atoms. The molecule has 100 valence electrons. The Labute approximate surface area is 107 Å². The van der Waals surface area contributed by atoms with Gasteiger partial charge in [-0.15, -0.1) is 0 Å². The number of hydrogen-bond donors (Lipinski definition) is 1. The van der Waals surface area contributed by atoms with Gasteiger partial charge in [0.15, 0.2) is 0 Å². The van der Waals surface area contributed by atoms with Crippen molar-refractivity contribution in [2.75, 3.05) is 7.11 Å². The van der Waals surface area contributed by atoms with Gasteiger partial charge in [-0.1, -0.05) is 0 Å². The lowest BCUT2D eigenvalue weighted by Gasteiger charge is -2.14. The normalized spacial score (nSPS) is 12.3. The fourth-order valence-corrected chi connectivity index (χ4v) is 1.73. The second kappa shape index (κ2) is 5.27. The minimum Gasteiger partial charge on any atom is -0.495 e. The van der Waals surface area contributed by atoms with Gasteiger partial charge in [0.05, 0.1) is 19.3 Å². The highest BCUT2D eigenvalue weighted by Crippen LogP contribution is 2.27. The highest BCUT2D eigenvalue weighted by Gasteiger charge is 2.20. The topological polar surface area (TPSA) is 48.1 Å². The van der Waals surface area contributed by atoms with Crippen LogP contribution in [-0.2, 0) is 0 Å². The number of pyridine rings is 1. The summed E-state index contributed by atoms with van der Waals surface area (Å²) in [6.45, 7) is 0. The molecule has 0 amide bonds. The number of ether oxygens (including phenoxy) is 1. The summed E-state index contributed by atoms with van der Waals surface area (Å²) in [4.78, 5) is 3.85. The van der Waals surface area contributed by atoms with Gasteiger partial charge < -0.3 is 10.5 Å². The van der Waals surface area contributed by atoms with Crippen molar-refractivity contribution >= 4 is 0 Å². The smallest absolute Gasteiger partial charge is 0.137 e. The summed E-state index contributed by atoms with van der Waals surface area (Å²) in [6.07, 6.45) is 2.81. The Morgan fingerprint density at radius 1 is 1.11 bits per heavy atom. The van der Waals surface area contributed by atoms with Gasteiger partial charge in [-0.2, -0.15) is 0 Å². The number of hydrogen-bond acceptors (Lipinski definition) is 3. The molecule has 0 bridgehead atoms. The lowest BCUT2D eigenvalue weighted by atomic mass is 10.00. The van der Waals surface area contributed by atoms with Crippen molar-refractivity contribution in [3.8, 4) is 5.75 Å². The third-order valence-corrected chi connectivity index (χ3v) is 2.68. The summed E-state index contributed by atoms with van der Waals surface area (Å²) in [6, 6.07) is 1.60. The highest BCUT2D eigenvalue weighted by molar-refractivity contribution is 5.35. The van der Waals surface area contributed by atoms with Crippen LogP contribution < -0.4 is 10.5 Å². The fraction of sp³-hybridized carbons (Fsp3) is 0.154. The van der Waals surface area contributed by atoms with Crippen LogP contribution in [0.1, 0.15) is 17.2 Å². The Balaban J connectivity index is 2.46. The van der Waals surface area contributed by atoms with Gasteiger partial charge in [0, 0.05) is 23.9 Å². The van der Waals surface area contributed by atoms with E-state index in [2.05, 4.69) is 4.98 Å². The zero-order chi connectivity index (χ0) is 14.0. The van der Waals surface area contributed by atoms with E-state index in [0.29, 0.717) is 23.4 Å². The summed E-state index contributed by atoms with van der Waals surface area (Å²) in [5, 5.41) is 0. The molecule has 0 aliphatic heterocycles. The standard InChI is InChI=1S/C13H11F3N2O/c1-19-9-2-7(5-18-6-9)13(17)12-10(15)3-8(14)4-11(12)16/h2-6,13H,17H2,1H3. The predicted molar refractivity (Wildman–Crippen MR) is 63.1 cm³/mol. The largest absolute Gasteiger partial charge is 0.495 e. The van der Waals surface area contributed by atoms with Crippen LogP contribution in [0.3, 0.4) is 0 Å². The molecule has 1 aromatic heterocycles. The van der Waals surface area contributed by atoms with Crippen LogP contribution in [0.2, 0.25) is 0 Å². The third-order valence-electron chi connectivity index (χ3n) is 2.68. The molecule has 2 aromatic rings. The number of halogens is 3. The van der Waals surface area contributed by atoms with Gasteiger partial charge in [0.1, 0.15) is 23.2 Å². The number of nitrogens with two attached hydrogens (primary N) is 1. The van der Waals surface area contributed by atoms with Crippen molar-refractivity contribution in [2.24, 2.45) is 5.73 Å². The van der Waals surface area contributed by atoms with E-state index in [1.807, 2.05) is 0 Å². The zero-order valence-electron chi connectivity index (χ0n) is 10.0. The first kappa shape index (κ1) is 13.4. The first-order chi connectivity index (χ1) is 9.02.